The van der Waals surface area contributed by atoms with Gasteiger partial charge in [0.15, 0.2) is 6.10 Å². The highest BCUT2D eigenvalue weighted by atomic mass is 32.2. The highest BCUT2D eigenvalue weighted by Gasteiger charge is 2.32. The lowest BCUT2D eigenvalue weighted by Crippen LogP contribution is -2.53. The number of methoxy groups -OCH3 is 1. The standard InChI is InChI=1S/C21H26N2O5S/c1-3-20(28-18-11-9-17(27-2)10-12-18)21(24)22-13-15-23(16-14-22)29(25,26)19-7-5-4-6-8-19/h4-12,20H,3,13-16H2,1-2H3/t20-/m1/s1. The molecule has 1 aliphatic rings. The van der Waals surface area contributed by atoms with E-state index in [0.717, 1.165) is 0 Å². The van der Waals surface area contributed by atoms with Crippen LogP contribution in [0.5, 0.6) is 11.5 Å². The summed E-state index contributed by atoms with van der Waals surface area (Å²) in [4.78, 5) is 14.8. The van der Waals surface area contributed by atoms with Gasteiger partial charge in [-0.3, -0.25) is 4.79 Å². The summed E-state index contributed by atoms with van der Waals surface area (Å²) in [5, 5.41) is 0. The first-order valence-corrected chi connectivity index (χ1v) is 11.0. The van der Waals surface area contributed by atoms with Crippen molar-refractivity contribution in [3.05, 3.63) is 54.6 Å². The quantitative estimate of drug-likeness (QED) is 0.690. The normalized spacial score (nSPS) is 16.3. The Kier molecular flexibility index (Phi) is 6.76. The van der Waals surface area contributed by atoms with E-state index in [0.29, 0.717) is 31.0 Å². The number of carbonyl (C=O) groups excluding carboxylic acids is 1. The van der Waals surface area contributed by atoms with Crippen molar-refractivity contribution in [3.8, 4) is 11.5 Å². The largest absolute Gasteiger partial charge is 0.497 e. The van der Waals surface area contributed by atoms with E-state index in [1.165, 1.54) is 4.31 Å². The number of hydrogen-bond acceptors (Lipinski definition) is 5. The van der Waals surface area contributed by atoms with Crippen LogP contribution in [0.2, 0.25) is 0 Å². The lowest BCUT2D eigenvalue weighted by atomic mass is 10.2. The van der Waals surface area contributed by atoms with Gasteiger partial charge >= 0.3 is 0 Å². The van der Waals surface area contributed by atoms with Gasteiger partial charge in [0.25, 0.3) is 5.91 Å². The lowest BCUT2D eigenvalue weighted by molar-refractivity contribution is -0.140. The van der Waals surface area contributed by atoms with Gasteiger partial charge < -0.3 is 14.4 Å². The van der Waals surface area contributed by atoms with Crippen LogP contribution in [0.3, 0.4) is 0 Å². The Labute approximate surface area is 171 Å². The van der Waals surface area contributed by atoms with E-state index >= 15 is 0 Å². The summed E-state index contributed by atoms with van der Waals surface area (Å²) >= 11 is 0. The monoisotopic (exact) mass is 418 g/mol. The first-order valence-electron chi connectivity index (χ1n) is 9.60. The third kappa shape index (κ3) is 4.89. The number of rotatable bonds is 7. The first-order chi connectivity index (χ1) is 14.0. The van der Waals surface area contributed by atoms with Gasteiger partial charge in [-0.15, -0.1) is 0 Å². The molecule has 0 N–H and O–H groups in total. The molecule has 7 nitrogen and oxygen atoms in total. The van der Waals surface area contributed by atoms with Crippen molar-refractivity contribution >= 4 is 15.9 Å². The SMILES string of the molecule is CC[C@@H](Oc1ccc(OC)cc1)C(=O)N1CCN(S(=O)(=O)c2ccccc2)CC1. The van der Waals surface area contributed by atoms with Crippen molar-refractivity contribution in [1.29, 1.82) is 0 Å². The third-order valence-corrected chi connectivity index (χ3v) is 6.83. The second-order valence-electron chi connectivity index (χ2n) is 6.73. The predicted octanol–water partition coefficient (Wildman–Crippen LogP) is 2.39. The van der Waals surface area contributed by atoms with Crippen LogP contribution in [0.4, 0.5) is 0 Å². The van der Waals surface area contributed by atoms with Crippen LogP contribution in [0, 0.1) is 0 Å². The van der Waals surface area contributed by atoms with Crippen LogP contribution < -0.4 is 9.47 Å². The summed E-state index contributed by atoms with van der Waals surface area (Å²) in [6.07, 6.45) is -0.0893. The van der Waals surface area contributed by atoms with E-state index in [1.54, 1.807) is 66.6 Å². The van der Waals surface area contributed by atoms with Crippen LogP contribution in [0.15, 0.2) is 59.5 Å². The molecule has 2 aromatic rings. The summed E-state index contributed by atoms with van der Waals surface area (Å²) in [6, 6.07) is 15.4. The van der Waals surface area contributed by atoms with E-state index < -0.39 is 16.1 Å². The maximum atomic E-state index is 12.9. The molecule has 0 aromatic heterocycles. The molecule has 1 aliphatic heterocycles. The van der Waals surface area contributed by atoms with Crippen molar-refractivity contribution in [2.45, 2.75) is 24.3 Å². The molecule has 1 fully saturated rings. The molecule has 0 spiro atoms. The van der Waals surface area contributed by atoms with Gasteiger partial charge in [-0.2, -0.15) is 4.31 Å². The topological polar surface area (TPSA) is 76.2 Å². The van der Waals surface area contributed by atoms with E-state index in [9.17, 15) is 13.2 Å². The summed E-state index contributed by atoms with van der Waals surface area (Å²) in [7, 11) is -1.95. The molecule has 1 saturated heterocycles. The Hall–Kier alpha value is -2.58. The number of ether oxygens (including phenoxy) is 2. The van der Waals surface area contributed by atoms with Crippen molar-refractivity contribution in [2.24, 2.45) is 0 Å². The van der Waals surface area contributed by atoms with E-state index in [2.05, 4.69) is 0 Å². The van der Waals surface area contributed by atoms with Crippen LogP contribution >= 0.6 is 0 Å². The third-order valence-electron chi connectivity index (χ3n) is 4.92. The molecular weight excluding hydrogens is 392 g/mol. The van der Waals surface area contributed by atoms with Gasteiger partial charge in [0.1, 0.15) is 11.5 Å². The second-order valence-corrected chi connectivity index (χ2v) is 8.67. The Balaban J connectivity index is 1.60. The number of benzene rings is 2. The maximum Gasteiger partial charge on any atom is 0.263 e. The molecule has 1 amide bonds. The van der Waals surface area contributed by atoms with Gasteiger partial charge in [-0.05, 0) is 42.8 Å². The maximum absolute atomic E-state index is 12.9. The van der Waals surface area contributed by atoms with Crippen molar-refractivity contribution in [1.82, 2.24) is 9.21 Å². The molecule has 1 heterocycles. The van der Waals surface area contributed by atoms with E-state index in [1.807, 2.05) is 6.92 Å². The summed E-state index contributed by atoms with van der Waals surface area (Å²) in [5.41, 5.74) is 0. The molecule has 0 unspecified atom stereocenters. The molecule has 0 saturated carbocycles. The molecule has 3 rings (SSSR count). The van der Waals surface area contributed by atoms with Crippen molar-refractivity contribution in [3.63, 3.8) is 0 Å². The summed E-state index contributed by atoms with van der Waals surface area (Å²) in [5.74, 6) is 1.18. The van der Waals surface area contributed by atoms with Crippen LogP contribution in [0.1, 0.15) is 13.3 Å². The summed E-state index contributed by atoms with van der Waals surface area (Å²) < 4.78 is 37.9. The first kappa shape index (κ1) is 21.1. The molecule has 156 valence electrons. The lowest BCUT2D eigenvalue weighted by Gasteiger charge is -2.35. The fraction of sp³-hybridized carbons (Fsp3) is 0.381. The molecule has 1 atom stereocenters. The van der Waals surface area contributed by atoms with Crippen LogP contribution in [0.25, 0.3) is 0 Å². The fourth-order valence-electron chi connectivity index (χ4n) is 3.22. The minimum atomic E-state index is -3.54. The molecular formula is C21H26N2O5S. The highest BCUT2D eigenvalue weighted by molar-refractivity contribution is 7.89. The van der Waals surface area contributed by atoms with Crippen molar-refractivity contribution in [2.75, 3.05) is 33.3 Å². The zero-order valence-electron chi connectivity index (χ0n) is 16.7. The molecule has 0 bridgehead atoms. The van der Waals surface area contributed by atoms with Crippen molar-refractivity contribution < 1.29 is 22.7 Å². The van der Waals surface area contributed by atoms with Crippen LogP contribution in [-0.2, 0) is 14.8 Å². The zero-order valence-corrected chi connectivity index (χ0v) is 17.5. The minimum Gasteiger partial charge on any atom is -0.497 e. The number of nitrogens with zero attached hydrogens (tertiary/aromatic N) is 2. The van der Waals surface area contributed by atoms with E-state index in [4.69, 9.17) is 9.47 Å². The predicted molar refractivity (Wildman–Crippen MR) is 109 cm³/mol. The Morgan fingerprint density at radius 2 is 1.55 bits per heavy atom. The smallest absolute Gasteiger partial charge is 0.263 e. The number of amides is 1. The van der Waals surface area contributed by atoms with Gasteiger partial charge in [-0.25, -0.2) is 8.42 Å². The Morgan fingerprint density at radius 3 is 2.10 bits per heavy atom. The van der Waals surface area contributed by atoms with Gasteiger partial charge in [0.05, 0.1) is 12.0 Å². The second kappa shape index (κ2) is 9.28. The van der Waals surface area contributed by atoms with Gasteiger partial charge in [0.2, 0.25) is 10.0 Å². The number of sulfonamides is 1. The molecule has 2 aromatic carbocycles. The zero-order chi connectivity index (χ0) is 20.9. The van der Waals surface area contributed by atoms with E-state index in [-0.39, 0.29) is 23.9 Å². The van der Waals surface area contributed by atoms with Crippen LogP contribution in [-0.4, -0.2) is 62.9 Å². The molecule has 0 radical (unpaired) electrons. The molecule has 0 aliphatic carbocycles. The highest BCUT2D eigenvalue weighted by Crippen LogP contribution is 2.21. The molecule has 8 heteroatoms. The minimum absolute atomic E-state index is 0.125. The Morgan fingerprint density at radius 1 is 0.966 bits per heavy atom. The number of piperazine rings is 1. The summed E-state index contributed by atoms with van der Waals surface area (Å²) in [6.45, 7) is 3.10. The average Bonchev–Trinajstić information content (AvgIpc) is 2.78. The number of hydrogen-bond donors (Lipinski definition) is 0. The van der Waals surface area contributed by atoms with Gasteiger partial charge in [0, 0.05) is 26.2 Å². The molecule has 29 heavy (non-hydrogen) atoms. The van der Waals surface area contributed by atoms with Gasteiger partial charge in [-0.1, -0.05) is 25.1 Å². The fourth-order valence-corrected chi connectivity index (χ4v) is 4.66. The number of carbonyl (C=O) groups is 1. The average molecular weight is 419 g/mol. The Bertz CT molecular complexity index is 908.